The highest BCUT2D eigenvalue weighted by molar-refractivity contribution is 5.28. The normalized spacial score (nSPS) is 22.5. The van der Waals surface area contributed by atoms with Gasteiger partial charge < -0.3 is 0 Å². The Labute approximate surface area is 88.5 Å². The molecule has 0 spiro atoms. The molecule has 0 aliphatic heterocycles. The van der Waals surface area contributed by atoms with Crippen LogP contribution in [-0.4, -0.2) is 10.9 Å². The maximum atomic E-state index is 13.1. The van der Waals surface area contributed by atoms with Gasteiger partial charge in [0.1, 0.15) is 0 Å². The predicted octanol–water partition coefficient (Wildman–Crippen LogP) is 3.40. The Morgan fingerprint density at radius 2 is 2.00 bits per heavy atom. The Morgan fingerprint density at radius 3 is 2.40 bits per heavy atom. The minimum absolute atomic E-state index is 0.0383. The summed E-state index contributed by atoms with van der Waals surface area (Å²) < 4.78 is 26.1. The van der Waals surface area contributed by atoms with E-state index in [-0.39, 0.29) is 24.2 Å². The minimum atomic E-state index is -2.49. The third-order valence-electron chi connectivity index (χ3n) is 3.49. The average molecular weight is 211 g/mol. The summed E-state index contributed by atoms with van der Waals surface area (Å²) in [6, 6.07) is 3.72. The van der Waals surface area contributed by atoms with Crippen LogP contribution >= 0.6 is 0 Å². The number of pyridine rings is 1. The van der Waals surface area contributed by atoms with Gasteiger partial charge in [-0.15, -0.1) is 0 Å². The summed E-state index contributed by atoms with van der Waals surface area (Å²) in [6.07, 6.45) is 3.32. The summed E-state index contributed by atoms with van der Waals surface area (Å²) in [6.45, 7) is 4.00. The number of halogens is 2. The van der Waals surface area contributed by atoms with Crippen molar-refractivity contribution in [2.24, 2.45) is 5.92 Å². The third-order valence-corrected chi connectivity index (χ3v) is 3.49. The van der Waals surface area contributed by atoms with Crippen LogP contribution in [0.2, 0.25) is 0 Å². The Bertz CT molecular complexity index is 338. The molecule has 1 aliphatic rings. The second-order valence-corrected chi connectivity index (χ2v) is 4.76. The van der Waals surface area contributed by atoms with Crippen molar-refractivity contribution in [3.05, 3.63) is 30.1 Å². The number of hydrogen-bond acceptors (Lipinski definition) is 1. The highest BCUT2D eigenvalue weighted by Crippen LogP contribution is 2.56. The molecule has 0 atom stereocenters. The molecule has 1 saturated carbocycles. The molecule has 0 aromatic carbocycles. The number of nitrogens with zero attached hydrogens (tertiary/aromatic N) is 1. The van der Waals surface area contributed by atoms with Crippen LogP contribution in [0.4, 0.5) is 8.78 Å². The molecular weight excluding hydrogens is 196 g/mol. The first kappa shape index (κ1) is 10.5. The highest BCUT2D eigenvalue weighted by Gasteiger charge is 2.58. The van der Waals surface area contributed by atoms with Gasteiger partial charge in [-0.2, -0.15) is 0 Å². The minimum Gasteiger partial charge on any atom is -0.264 e. The van der Waals surface area contributed by atoms with E-state index in [4.69, 9.17) is 0 Å². The summed E-state index contributed by atoms with van der Waals surface area (Å²) in [5, 5.41) is 0. The van der Waals surface area contributed by atoms with Gasteiger partial charge in [-0.25, -0.2) is 8.78 Å². The van der Waals surface area contributed by atoms with Crippen molar-refractivity contribution in [2.45, 2.75) is 38.0 Å². The molecule has 0 N–H and O–H groups in total. The quantitative estimate of drug-likeness (QED) is 0.730. The molecule has 1 aromatic heterocycles. The lowest BCUT2D eigenvalue weighted by Gasteiger charge is -2.50. The predicted molar refractivity (Wildman–Crippen MR) is 54.9 cm³/mol. The molecule has 0 saturated heterocycles. The van der Waals surface area contributed by atoms with Gasteiger partial charge in [-0.05, 0) is 17.5 Å². The highest BCUT2D eigenvalue weighted by atomic mass is 19.3. The smallest absolute Gasteiger partial charge is 0.249 e. The van der Waals surface area contributed by atoms with Crippen molar-refractivity contribution in [3.63, 3.8) is 0 Å². The molecule has 0 unspecified atom stereocenters. The largest absolute Gasteiger partial charge is 0.264 e. The molecule has 1 aromatic rings. The van der Waals surface area contributed by atoms with Crippen molar-refractivity contribution in [1.29, 1.82) is 0 Å². The first-order chi connectivity index (χ1) is 6.96. The van der Waals surface area contributed by atoms with Crippen molar-refractivity contribution in [3.8, 4) is 0 Å². The summed E-state index contributed by atoms with van der Waals surface area (Å²) in [5.41, 5.74) is 0.587. The van der Waals surface area contributed by atoms with E-state index in [1.165, 1.54) is 0 Å². The van der Waals surface area contributed by atoms with Gasteiger partial charge in [0, 0.05) is 30.7 Å². The molecule has 1 fully saturated rings. The van der Waals surface area contributed by atoms with Crippen LogP contribution in [0.3, 0.4) is 0 Å². The van der Waals surface area contributed by atoms with E-state index in [2.05, 4.69) is 4.98 Å². The van der Waals surface area contributed by atoms with Crippen molar-refractivity contribution in [2.75, 3.05) is 0 Å². The SMILES string of the molecule is CC(C)C1(c2cccnc2)CC(F)(F)C1. The summed E-state index contributed by atoms with van der Waals surface area (Å²) in [4.78, 5) is 4.02. The van der Waals surface area contributed by atoms with Gasteiger partial charge in [-0.3, -0.25) is 4.98 Å². The zero-order chi connectivity index (χ0) is 11.1. The fourth-order valence-electron chi connectivity index (χ4n) is 2.47. The monoisotopic (exact) mass is 211 g/mol. The maximum absolute atomic E-state index is 13.1. The van der Waals surface area contributed by atoms with E-state index >= 15 is 0 Å². The van der Waals surface area contributed by atoms with Crippen LogP contribution in [-0.2, 0) is 5.41 Å². The third kappa shape index (κ3) is 1.64. The molecule has 1 aliphatic carbocycles. The van der Waals surface area contributed by atoms with E-state index < -0.39 is 5.92 Å². The molecule has 0 radical (unpaired) electrons. The van der Waals surface area contributed by atoms with E-state index in [0.29, 0.717) is 0 Å². The number of rotatable bonds is 2. The fourth-order valence-corrected chi connectivity index (χ4v) is 2.47. The zero-order valence-electron chi connectivity index (χ0n) is 9.00. The molecule has 3 heteroatoms. The maximum Gasteiger partial charge on any atom is 0.249 e. The van der Waals surface area contributed by atoms with Gasteiger partial charge in [0.2, 0.25) is 5.92 Å². The first-order valence-corrected chi connectivity index (χ1v) is 5.25. The molecule has 1 nitrogen and oxygen atoms in total. The van der Waals surface area contributed by atoms with E-state index in [9.17, 15) is 8.78 Å². The second kappa shape index (κ2) is 3.26. The second-order valence-electron chi connectivity index (χ2n) is 4.76. The number of alkyl halides is 2. The molecule has 2 rings (SSSR count). The summed E-state index contributed by atoms with van der Waals surface area (Å²) in [7, 11) is 0. The molecule has 1 heterocycles. The molecule has 0 bridgehead atoms. The Morgan fingerprint density at radius 1 is 1.33 bits per heavy atom. The lowest BCUT2D eigenvalue weighted by atomic mass is 9.57. The lowest BCUT2D eigenvalue weighted by molar-refractivity contribution is -0.141. The van der Waals surface area contributed by atoms with Crippen molar-refractivity contribution < 1.29 is 8.78 Å². The van der Waals surface area contributed by atoms with Crippen LogP contribution < -0.4 is 0 Å². The molecule has 82 valence electrons. The van der Waals surface area contributed by atoms with Crippen LogP contribution in [0, 0.1) is 5.92 Å². The summed E-state index contributed by atoms with van der Waals surface area (Å²) in [5.74, 6) is -2.26. The van der Waals surface area contributed by atoms with Crippen molar-refractivity contribution >= 4 is 0 Å². The Balaban J connectivity index is 2.31. The average Bonchev–Trinajstić information content (AvgIpc) is 2.14. The van der Waals surface area contributed by atoms with Gasteiger partial charge in [-0.1, -0.05) is 19.9 Å². The van der Waals surface area contributed by atoms with Gasteiger partial charge in [0.15, 0.2) is 0 Å². The van der Waals surface area contributed by atoms with E-state index in [0.717, 1.165) is 5.56 Å². The molecule has 15 heavy (non-hydrogen) atoms. The standard InChI is InChI=1S/C12H15F2N/c1-9(2)11(7-12(13,14)8-11)10-4-3-5-15-6-10/h3-6,9H,7-8H2,1-2H3. The number of hydrogen-bond donors (Lipinski definition) is 0. The lowest BCUT2D eigenvalue weighted by Crippen LogP contribution is -2.52. The van der Waals surface area contributed by atoms with Gasteiger partial charge in [0.05, 0.1) is 0 Å². The van der Waals surface area contributed by atoms with Gasteiger partial charge >= 0.3 is 0 Å². The van der Waals surface area contributed by atoms with Gasteiger partial charge in [0.25, 0.3) is 0 Å². The van der Waals surface area contributed by atoms with Crippen LogP contribution in [0.5, 0.6) is 0 Å². The summed E-state index contributed by atoms with van der Waals surface area (Å²) >= 11 is 0. The molecule has 0 amide bonds. The molecular formula is C12H15F2N. The van der Waals surface area contributed by atoms with Crippen molar-refractivity contribution in [1.82, 2.24) is 4.98 Å². The van der Waals surface area contributed by atoms with Crippen LogP contribution in [0.15, 0.2) is 24.5 Å². The first-order valence-electron chi connectivity index (χ1n) is 5.25. The van der Waals surface area contributed by atoms with Crippen LogP contribution in [0.25, 0.3) is 0 Å². The van der Waals surface area contributed by atoms with E-state index in [1.807, 2.05) is 26.0 Å². The topological polar surface area (TPSA) is 12.9 Å². The number of aromatic nitrogens is 1. The Hall–Kier alpha value is -0.990. The zero-order valence-corrected chi connectivity index (χ0v) is 9.00. The Kier molecular flexibility index (Phi) is 2.28. The van der Waals surface area contributed by atoms with Crippen LogP contribution in [0.1, 0.15) is 32.3 Å². The van der Waals surface area contributed by atoms with E-state index in [1.54, 1.807) is 12.4 Å². The fraction of sp³-hybridized carbons (Fsp3) is 0.583.